The van der Waals surface area contributed by atoms with Gasteiger partial charge in [0.2, 0.25) is 24.6 Å². The highest BCUT2D eigenvalue weighted by atomic mass is 35.5. The number of methoxy groups -OCH3 is 3. The van der Waals surface area contributed by atoms with Crippen molar-refractivity contribution in [1.82, 2.24) is 59.8 Å². The van der Waals surface area contributed by atoms with Crippen molar-refractivity contribution < 1.29 is 57.4 Å². The fourth-order valence-corrected chi connectivity index (χ4v) is 20.3. The Kier molecular flexibility index (Phi) is 35.0. The number of aromatic nitrogens is 12. The molecule has 18 aromatic rings. The van der Waals surface area contributed by atoms with Crippen molar-refractivity contribution in [3.05, 3.63) is 215 Å². The maximum atomic E-state index is 12.5. The number of hydrogen-bond acceptors (Lipinski definition) is 32. The fraction of sp³-hybridized carbons (Fsp3) is 0.262. The van der Waals surface area contributed by atoms with Crippen molar-refractivity contribution in [3.8, 4) is 98.7 Å². The van der Waals surface area contributed by atoms with Crippen LogP contribution < -0.4 is 53.9 Å². The molecule has 0 saturated carbocycles. The summed E-state index contributed by atoms with van der Waals surface area (Å²) in [6.07, 6.45) is 1.45. The fourth-order valence-electron chi connectivity index (χ4n) is 13.9. The number of hydrogen-bond donors (Lipinski definition) is 3. The molecule has 38 heteroatoms. The highest BCUT2D eigenvalue weighted by Crippen LogP contribution is 2.42. The predicted molar refractivity (Wildman–Crippen MR) is 575 cm³/mol. The Morgan fingerprint density at radius 2 is 0.624 bits per heavy atom. The SMILES string of the molecule is CCOCOc1ccc2nc(-c3ccc(N(C)C=O)c(C)n3)sc2c1.CCOCOc1ccc2nc(-c3ccc(N(C)C=O)c(Cl)n3)sc2c1.CNc1ccc(-c2nc3ccc(O)cc3s2)nc1C.CNc1ccc(-c2nc3ccc(OC)cc3s2)nc1C.COc1ccc2nc(-c3ccc(N(C)C(=O)C(C)(C)C)c(C)n3)sc2c1.COc1ccc2nc(-c3ccc(N(C)C(=O)C(C)(C)C)c(Cl)n3)sc2c1. The summed E-state index contributed by atoms with van der Waals surface area (Å²) in [5.74, 6) is 4.22. The lowest BCUT2D eigenvalue weighted by Crippen LogP contribution is -2.37. The number of fused-ring (bicyclic) bond motifs is 6. The maximum Gasteiger partial charge on any atom is 0.232 e. The average molecular weight is 2050 g/mol. The molecule has 730 valence electrons. The van der Waals surface area contributed by atoms with Crippen LogP contribution >= 0.6 is 91.2 Å². The predicted octanol–water partition coefficient (Wildman–Crippen LogP) is 24.5. The second-order valence-electron chi connectivity index (χ2n) is 33.5. The number of thiazole rings is 6. The van der Waals surface area contributed by atoms with Crippen LogP contribution in [0.1, 0.15) is 78.2 Å². The van der Waals surface area contributed by atoms with E-state index in [0.717, 1.165) is 195 Å². The van der Waals surface area contributed by atoms with E-state index in [1.165, 1.54) is 43.8 Å². The molecule has 3 N–H and O–H groups in total. The van der Waals surface area contributed by atoms with Crippen LogP contribution in [-0.2, 0) is 28.7 Å². The number of phenolic OH excluding ortho intramolecular Hbond substituents is 1. The molecule has 0 aliphatic rings. The van der Waals surface area contributed by atoms with Gasteiger partial charge in [-0.05, 0) is 224 Å². The first kappa shape index (κ1) is 105. The van der Waals surface area contributed by atoms with Crippen molar-refractivity contribution in [1.29, 1.82) is 0 Å². The number of anilines is 6. The molecule has 0 aliphatic heterocycles. The van der Waals surface area contributed by atoms with E-state index < -0.39 is 10.8 Å². The van der Waals surface area contributed by atoms with E-state index in [1.807, 2.05) is 249 Å². The molecule has 0 atom stereocenters. The molecule has 141 heavy (non-hydrogen) atoms. The number of benzene rings is 6. The Labute approximate surface area is 850 Å². The topological polar surface area (TPSA) is 345 Å². The van der Waals surface area contributed by atoms with Crippen LogP contribution in [0.2, 0.25) is 10.3 Å². The Hall–Kier alpha value is -13.7. The number of halogens is 2. The van der Waals surface area contributed by atoms with Crippen molar-refractivity contribution in [3.63, 3.8) is 0 Å². The number of nitrogens with one attached hydrogen (secondary N) is 2. The Balaban J connectivity index is 0.000000143. The quantitative estimate of drug-likeness (QED) is 0.0207. The molecular formula is C103H106Cl2N18O12S6. The van der Waals surface area contributed by atoms with E-state index in [4.69, 9.17) is 56.4 Å². The van der Waals surface area contributed by atoms with E-state index in [1.54, 1.807) is 124 Å². The molecular weight excluding hydrogens is 1940 g/mol. The van der Waals surface area contributed by atoms with Gasteiger partial charge in [-0.25, -0.2) is 59.8 Å². The van der Waals surface area contributed by atoms with Crippen LogP contribution in [0.5, 0.6) is 34.5 Å². The highest BCUT2D eigenvalue weighted by molar-refractivity contribution is 7.23. The first-order valence-electron chi connectivity index (χ1n) is 44.2. The molecule has 0 fully saturated rings. The normalized spacial score (nSPS) is 11.1. The van der Waals surface area contributed by atoms with Gasteiger partial charge < -0.3 is 68.5 Å². The molecule has 0 saturated heterocycles. The van der Waals surface area contributed by atoms with Crippen molar-refractivity contribution in [2.45, 2.75) is 83.1 Å². The van der Waals surface area contributed by atoms with E-state index in [-0.39, 0.29) is 41.5 Å². The third-order valence-electron chi connectivity index (χ3n) is 21.4. The molecule has 4 amide bonds. The maximum absolute atomic E-state index is 12.5. The molecule has 0 aliphatic carbocycles. The largest absolute Gasteiger partial charge is 0.508 e. The van der Waals surface area contributed by atoms with Gasteiger partial charge in [-0.15, -0.1) is 68.0 Å². The van der Waals surface area contributed by atoms with Gasteiger partial charge >= 0.3 is 0 Å². The van der Waals surface area contributed by atoms with Gasteiger partial charge in [0.1, 0.15) is 75.9 Å². The Morgan fingerprint density at radius 3 is 0.922 bits per heavy atom. The van der Waals surface area contributed by atoms with Gasteiger partial charge in [0.05, 0.1) is 162 Å². The number of aromatic hydroxyl groups is 1. The number of phenols is 1. The Bertz CT molecular complexity index is 7220. The smallest absolute Gasteiger partial charge is 0.232 e. The molecule has 0 unspecified atom stereocenters. The summed E-state index contributed by atoms with van der Waals surface area (Å²) < 4.78 is 43.4. The number of nitrogens with zero attached hydrogens (tertiary/aromatic N) is 16. The third kappa shape index (κ3) is 26.0. The number of carbonyl (C=O) groups excluding carboxylic acids is 4. The minimum atomic E-state index is -0.497. The van der Waals surface area contributed by atoms with E-state index in [2.05, 4.69) is 70.4 Å². The van der Waals surface area contributed by atoms with Gasteiger partial charge in [-0.1, -0.05) is 64.7 Å². The number of pyridine rings is 6. The van der Waals surface area contributed by atoms with Gasteiger partial charge in [0.15, 0.2) is 23.9 Å². The van der Waals surface area contributed by atoms with Gasteiger partial charge in [0, 0.05) is 66.3 Å². The molecule has 30 nitrogen and oxygen atoms in total. The van der Waals surface area contributed by atoms with Crippen LogP contribution in [0.3, 0.4) is 0 Å². The third-order valence-corrected chi connectivity index (χ3v) is 28.2. The van der Waals surface area contributed by atoms with Crippen LogP contribution in [0.25, 0.3) is 126 Å². The van der Waals surface area contributed by atoms with Crippen LogP contribution in [0.4, 0.5) is 34.1 Å². The minimum Gasteiger partial charge on any atom is -0.508 e. The zero-order chi connectivity index (χ0) is 101. The molecule has 6 aromatic carbocycles. The highest BCUT2D eigenvalue weighted by Gasteiger charge is 2.30. The number of rotatable bonds is 25. The molecule has 18 rings (SSSR count). The summed E-state index contributed by atoms with van der Waals surface area (Å²) in [5, 5.41) is 21.2. The second kappa shape index (κ2) is 47.1. The Morgan fingerprint density at radius 1 is 0.355 bits per heavy atom. The van der Waals surface area contributed by atoms with Crippen molar-refractivity contribution >= 4 is 211 Å². The molecule has 0 bridgehead atoms. The summed E-state index contributed by atoms with van der Waals surface area (Å²) in [7, 11) is 15.6. The summed E-state index contributed by atoms with van der Waals surface area (Å²) in [6, 6.07) is 56.9. The van der Waals surface area contributed by atoms with E-state index in [0.29, 0.717) is 42.4 Å². The lowest BCUT2D eigenvalue weighted by atomic mass is 9.94. The summed E-state index contributed by atoms with van der Waals surface area (Å²) in [6.45, 7) is 24.6. The molecule has 0 radical (unpaired) electrons. The summed E-state index contributed by atoms with van der Waals surface area (Å²) in [4.78, 5) is 108. The van der Waals surface area contributed by atoms with Crippen molar-refractivity contribution in [2.24, 2.45) is 10.8 Å². The van der Waals surface area contributed by atoms with E-state index in [9.17, 15) is 24.3 Å². The summed E-state index contributed by atoms with van der Waals surface area (Å²) in [5.41, 5.74) is 17.5. The molecule has 12 aromatic heterocycles. The number of aryl methyl sites for hydroxylation is 4. The first-order chi connectivity index (χ1) is 67.5. The average Bonchev–Trinajstić information content (AvgIpc) is 1.68. The minimum absolute atomic E-state index is 0.0268. The molecule has 0 spiro atoms. The monoisotopic (exact) mass is 2050 g/mol. The number of amides is 4. The lowest BCUT2D eigenvalue weighted by molar-refractivity contribution is -0.126. The van der Waals surface area contributed by atoms with Crippen LogP contribution in [0.15, 0.2) is 182 Å². The van der Waals surface area contributed by atoms with Gasteiger partial charge in [-0.3, -0.25) is 19.2 Å². The van der Waals surface area contributed by atoms with Crippen molar-refractivity contribution in [2.75, 3.05) is 121 Å². The zero-order valence-corrected chi connectivity index (χ0v) is 88.0. The van der Waals surface area contributed by atoms with Gasteiger partial charge in [-0.2, -0.15) is 0 Å². The lowest BCUT2D eigenvalue weighted by Gasteiger charge is -2.27. The summed E-state index contributed by atoms with van der Waals surface area (Å²) >= 11 is 21.9. The van der Waals surface area contributed by atoms with Gasteiger partial charge in [0.25, 0.3) is 0 Å². The van der Waals surface area contributed by atoms with Crippen LogP contribution in [0, 0.1) is 38.5 Å². The zero-order valence-electron chi connectivity index (χ0n) is 81.6. The number of ether oxygens (including phenoxy) is 7. The standard InChI is InChI=1S/C20H23N3O2S.C19H20ClN3O2S.C18H19N3O3S.C17H16ClN3O3S.C15H15N3OS.C14H13N3OS/c1-12-16(23(5)19(24)20(2,3)4)10-9-15(21-12)18-22-14-8-7-13(25-6)11-17(14)26-18;1-19(2,3)18(24)23(4)14-9-8-13(21-16(14)20)17-22-12-7-6-11(25-5)10-15(12)26-17;1-4-23-11-24-13-5-6-14-17(9-13)25-18(20-14)15-7-8-16(12(2)19-15)21(3)10-22;1-3-23-10-24-11-4-5-12-15(8-11)25-17(20-12)13-6-7-14(16(18)19-13)21(2)9-22;1-9-11(16-2)6-7-13(17-9)15-18-12-5-4-10(19-3)8-14(12)20-15;1-8-10(15-2)5-6-12(16-8)14-17-11-4-3-9(18)7-13(11)19-14/h7-11H,1-6H3;6-10H,1-5H3;5-10H,4,11H2,1-3H3;4-9H,3,10H2,1-2H3;4-8,16H,1-3H3;3-7,15,18H,1-2H3. The van der Waals surface area contributed by atoms with E-state index >= 15 is 0 Å². The van der Waals surface area contributed by atoms with Crippen LogP contribution in [-0.4, -0.2) is 180 Å². The second-order valence-corrected chi connectivity index (χ2v) is 40.4. The molecule has 12 heterocycles. The number of carbonyl (C=O) groups is 4. The first-order valence-corrected chi connectivity index (χ1v) is 49.9.